The van der Waals surface area contributed by atoms with Crippen molar-refractivity contribution in [1.29, 1.82) is 0 Å². The Morgan fingerprint density at radius 2 is 1.83 bits per heavy atom. The standard InChI is InChI=1S/C14H11Cl2F3N4O/c1-6-4-3-5-8(15)9(6)23(12(20)24)13-21-10(14(17,18)19)7(2)11(16)22-13/h3-5H,1-2H3,(H2,20,24). The number of hydrogen-bond donors (Lipinski definition) is 1. The summed E-state index contributed by atoms with van der Waals surface area (Å²) in [6.45, 7) is 2.74. The molecule has 0 atom stereocenters. The highest BCUT2D eigenvalue weighted by Gasteiger charge is 2.37. The number of aromatic nitrogens is 2. The van der Waals surface area contributed by atoms with E-state index in [0.717, 1.165) is 6.92 Å². The third kappa shape index (κ3) is 3.39. The number of hydrogen-bond acceptors (Lipinski definition) is 3. The maximum absolute atomic E-state index is 13.1. The number of urea groups is 1. The number of para-hydroxylation sites is 1. The summed E-state index contributed by atoms with van der Waals surface area (Å²) in [7, 11) is 0. The summed E-state index contributed by atoms with van der Waals surface area (Å²) in [5, 5.41) is -0.342. The lowest BCUT2D eigenvalue weighted by atomic mass is 10.2. The molecule has 0 saturated heterocycles. The molecule has 0 bridgehead atoms. The van der Waals surface area contributed by atoms with Gasteiger partial charge in [0.05, 0.1) is 10.7 Å². The average molecular weight is 379 g/mol. The van der Waals surface area contributed by atoms with Gasteiger partial charge in [-0.3, -0.25) is 0 Å². The second-order valence-corrected chi connectivity index (χ2v) is 5.63. The molecule has 2 N–H and O–H groups in total. The molecular formula is C14H11Cl2F3N4O. The number of benzene rings is 1. The van der Waals surface area contributed by atoms with Crippen LogP contribution in [0.1, 0.15) is 16.8 Å². The van der Waals surface area contributed by atoms with E-state index in [-0.39, 0.29) is 16.3 Å². The molecule has 0 saturated carbocycles. The molecule has 10 heteroatoms. The number of alkyl halides is 3. The third-order valence-corrected chi connectivity index (χ3v) is 3.85. The van der Waals surface area contributed by atoms with E-state index in [1.54, 1.807) is 19.1 Å². The highest BCUT2D eigenvalue weighted by atomic mass is 35.5. The predicted molar refractivity (Wildman–Crippen MR) is 84.7 cm³/mol. The van der Waals surface area contributed by atoms with Gasteiger partial charge in [-0.25, -0.2) is 14.7 Å². The molecule has 0 radical (unpaired) electrons. The number of carbonyl (C=O) groups excluding carboxylic acids is 1. The third-order valence-electron chi connectivity index (χ3n) is 3.18. The number of halogens is 5. The van der Waals surface area contributed by atoms with Crippen LogP contribution in [-0.2, 0) is 6.18 Å². The maximum Gasteiger partial charge on any atom is 0.433 e. The molecule has 0 aliphatic heterocycles. The van der Waals surface area contributed by atoms with Gasteiger partial charge in [0.25, 0.3) is 0 Å². The van der Waals surface area contributed by atoms with E-state index >= 15 is 0 Å². The lowest BCUT2D eigenvalue weighted by Gasteiger charge is -2.23. The molecule has 0 unspecified atom stereocenters. The van der Waals surface area contributed by atoms with Crippen molar-refractivity contribution in [1.82, 2.24) is 9.97 Å². The molecule has 0 aliphatic carbocycles. The van der Waals surface area contributed by atoms with Crippen molar-refractivity contribution < 1.29 is 18.0 Å². The van der Waals surface area contributed by atoms with Crippen molar-refractivity contribution in [2.45, 2.75) is 20.0 Å². The van der Waals surface area contributed by atoms with Crippen molar-refractivity contribution in [3.8, 4) is 0 Å². The molecule has 128 valence electrons. The van der Waals surface area contributed by atoms with Crippen molar-refractivity contribution in [3.05, 3.63) is 45.2 Å². The van der Waals surface area contributed by atoms with Crippen LogP contribution in [0.5, 0.6) is 0 Å². The summed E-state index contributed by atoms with van der Waals surface area (Å²) >= 11 is 11.8. The van der Waals surface area contributed by atoms with Crippen LogP contribution in [0.2, 0.25) is 10.2 Å². The first-order valence-electron chi connectivity index (χ1n) is 6.50. The van der Waals surface area contributed by atoms with Gasteiger partial charge in [0.1, 0.15) is 5.15 Å². The van der Waals surface area contributed by atoms with Crippen LogP contribution in [0.4, 0.5) is 29.6 Å². The van der Waals surface area contributed by atoms with E-state index in [4.69, 9.17) is 28.9 Å². The highest BCUT2D eigenvalue weighted by molar-refractivity contribution is 6.34. The molecule has 2 aromatic rings. The number of nitrogens with two attached hydrogens (primary N) is 1. The first-order chi connectivity index (χ1) is 11.0. The second kappa shape index (κ2) is 6.45. The largest absolute Gasteiger partial charge is 0.433 e. The number of nitrogens with zero attached hydrogens (tertiary/aromatic N) is 3. The lowest BCUT2D eigenvalue weighted by molar-refractivity contribution is -0.141. The Bertz CT molecular complexity index is 791. The zero-order chi connectivity index (χ0) is 18.2. The Hall–Kier alpha value is -2.06. The number of anilines is 2. The fourth-order valence-corrected chi connectivity index (χ4v) is 2.54. The average Bonchev–Trinajstić information content (AvgIpc) is 2.44. The zero-order valence-electron chi connectivity index (χ0n) is 12.4. The van der Waals surface area contributed by atoms with Crippen LogP contribution >= 0.6 is 23.2 Å². The van der Waals surface area contributed by atoms with Gasteiger partial charge in [-0.2, -0.15) is 18.2 Å². The van der Waals surface area contributed by atoms with E-state index < -0.39 is 29.0 Å². The van der Waals surface area contributed by atoms with Crippen LogP contribution < -0.4 is 10.6 Å². The quantitative estimate of drug-likeness (QED) is 0.773. The SMILES string of the molecule is Cc1cccc(Cl)c1N(C(N)=O)c1nc(Cl)c(C)c(C(F)(F)F)n1. The number of rotatable bonds is 2. The van der Waals surface area contributed by atoms with E-state index in [1.807, 2.05) is 0 Å². The Kier molecular flexibility index (Phi) is 4.91. The fourth-order valence-electron chi connectivity index (χ4n) is 2.07. The summed E-state index contributed by atoms with van der Waals surface area (Å²) in [5.41, 5.74) is 4.28. The van der Waals surface area contributed by atoms with Crippen LogP contribution in [0.15, 0.2) is 18.2 Å². The van der Waals surface area contributed by atoms with Crippen molar-refractivity contribution in [2.75, 3.05) is 4.90 Å². The first-order valence-corrected chi connectivity index (χ1v) is 7.25. The van der Waals surface area contributed by atoms with E-state index in [1.165, 1.54) is 6.07 Å². The molecule has 0 fully saturated rings. The summed E-state index contributed by atoms with van der Waals surface area (Å²) < 4.78 is 39.4. The minimum absolute atomic E-state index is 0.0831. The topological polar surface area (TPSA) is 72.1 Å². The smallest absolute Gasteiger partial charge is 0.351 e. The zero-order valence-corrected chi connectivity index (χ0v) is 14.0. The fraction of sp³-hybridized carbons (Fsp3) is 0.214. The van der Waals surface area contributed by atoms with Gasteiger partial charge in [0.2, 0.25) is 5.95 Å². The Labute approximate surface area is 145 Å². The predicted octanol–water partition coefficient (Wildman–Crippen LogP) is 4.64. The molecule has 5 nitrogen and oxygen atoms in total. The van der Waals surface area contributed by atoms with Crippen LogP contribution in [-0.4, -0.2) is 16.0 Å². The molecule has 2 rings (SSSR count). The summed E-state index contributed by atoms with van der Waals surface area (Å²) in [6.07, 6.45) is -4.77. The normalized spacial score (nSPS) is 11.5. The number of primary amides is 1. The monoisotopic (exact) mass is 378 g/mol. The number of amides is 2. The number of carbonyl (C=O) groups is 1. The maximum atomic E-state index is 13.1. The molecule has 1 aromatic heterocycles. The molecular weight excluding hydrogens is 368 g/mol. The second-order valence-electron chi connectivity index (χ2n) is 4.86. The summed E-state index contributed by atoms with van der Waals surface area (Å²) in [6, 6.07) is 3.58. The molecule has 1 heterocycles. The van der Waals surface area contributed by atoms with Crippen LogP contribution in [0, 0.1) is 13.8 Å². The Morgan fingerprint density at radius 3 is 2.33 bits per heavy atom. The van der Waals surface area contributed by atoms with Crippen molar-refractivity contribution in [2.24, 2.45) is 5.73 Å². The van der Waals surface area contributed by atoms with E-state index in [2.05, 4.69) is 9.97 Å². The van der Waals surface area contributed by atoms with Gasteiger partial charge >= 0.3 is 12.2 Å². The van der Waals surface area contributed by atoms with Crippen LogP contribution in [0.25, 0.3) is 0 Å². The molecule has 0 spiro atoms. The summed E-state index contributed by atoms with van der Waals surface area (Å²) in [5.74, 6) is -0.610. The number of aryl methyl sites for hydroxylation is 1. The first kappa shape index (κ1) is 18.3. The van der Waals surface area contributed by atoms with Gasteiger partial charge in [-0.05, 0) is 25.5 Å². The Morgan fingerprint density at radius 1 is 1.21 bits per heavy atom. The van der Waals surface area contributed by atoms with E-state index in [9.17, 15) is 18.0 Å². The van der Waals surface area contributed by atoms with Crippen LogP contribution in [0.3, 0.4) is 0 Å². The van der Waals surface area contributed by atoms with Gasteiger partial charge in [-0.15, -0.1) is 0 Å². The summed E-state index contributed by atoms with van der Waals surface area (Å²) in [4.78, 5) is 19.7. The van der Waals surface area contributed by atoms with Gasteiger partial charge in [0, 0.05) is 5.56 Å². The highest BCUT2D eigenvalue weighted by Crippen LogP contribution is 2.37. The van der Waals surface area contributed by atoms with Gasteiger partial charge in [0.15, 0.2) is 5.69 Å². The molecule has 2 amide bonds. The Balaban J connectivity index is 2.75. The molecule has 24 heavy (non-hydrogen) atoms. The minimum Gasteiger partial charge on any atom is -0.351 e. The van der Waals surface area contributed by atoms with Crippen molar-refractivity contribution in [3.63, 3.8) is 0 Å². The molecule has 0 aliphatic rings. The molecule has 1 aromatic carbocycles. The van der Waals surface area contributed by atoms with Gasteiger partial charge < -0.3 is 5.73 Å². The van der Waals surface area contributed by atoms with Gasteiger partial charge in [-0.1, -0.05) is 35.3 Å². The van der Waals surface area contributed by atoms with E-state index in [0.29, 0.717) is 10.5 Å². The van der Waals surface area contributed by atoms with Crippen molar-refractivity contribution >= 4 is 40.9 Å². The minimum atomic E-state index is -4.77. The lowest BCUT2D eigenvalue weighted by Crippen LogP contribution is -2.34.